The van der Waals surface area contributed by atoms with Crippen LogP contribution in [0.4, 0.5) is 4.79 Å². The summed E-state index contributed by atoms with van der Waals surface area (Å²) in [7, 11) is 0. The first-order valence-electron chi connectivity index (χ1n) is 8.10. The molecule has 7 nitrogen and oxygen atoms in total. The SMILES string of the molecule is CCNC(=O)NC(=O)COC(=O)COc1ccccc1-c1ccccc1. The van der Waals surface area contributed by atoms with Crippen molar-refractivity contribution in [1.82, 2.24) is 10.6 Å². The Morgan fingerprint density at radius 3 is 2.35 bits per heavy atom. The third-order valence-electron chi connectivity index (χ3n) is 3.27. The van der Waals surface area contributed by atoms with Crippen molar-refractivity contribution in [2.75, 3.05) is 19.8 Å². The number of benzene rings is 2. The van der Waals surface area contributed by atoms with Gasteiger partial charge in [-0.25, -0.2) is 9.59 Å². The van der Waals surface area contributed by atoms with Gasteiger partial charge in [-0.1, -0.05) is 48.5 Å². The summed E-state index contributed by atoms with van der Waals surface area (Å²) in [6.07, 6.45) is 0. The van der Waals surface area contributed by atoms with Crippen molar-refractivity contribution in [3.8, 4) is 16.9 Å². The summed E-state index contributed by atoms with van der Waals surface area (Å²) in [5, 5.41) is 4.43. The van der Waals surface area contributed by atoms with Gasteiger partial charge in [-0.05, 0) is 18.6 Å². The highest BCUT2D eigenvalue weighted by atomic mass is 16.6. The third-order valence-corrected chi connectivity index (χ3v) is 3.27. The monoisotopic (exact) mass is 356 g/mol. The van der Waals surface area contributed by atoms with Crippen LogP contribution in [0.25, 0.3) is 11.1 Å². The topological polar surface area (TPSA) is 93.7 Å². The third kappa shape index (κ3) is 5.94. The number of esters is 1. The summed E-state index contributed by atoms with van der Waals surface area (Å²) >= 11 is 0. The Bertz CT molecular complexity index is 762. The van der Waals surface area contributed by atoms with Crippen molar-refractivity contribution < 1.29 is 23.9 Å². The molecule has 0 fully saturated rings. The molecular weight excluding hydrogens is 336 g/mol. The normalized spacial score (nSPS) is 9.88. The van der Waals surface area contributed by atoms with Crippen molar-refractivity contribution in [1.29, 1.82) is 0 Å². The first-order chi connectivity index (χ1) is 12.6. The fraction of sp³-hybridized carbons (Fsp3) is 0.211. The average molecular weight is 356 g/mol. The second-order valence-electron chi connectivity index (χ2n) is 5.22. The van der Waals surface area contributed by atoms with Crippen LogP contribution in [-0.2, 0) is 14.3 Å². The molecule has 0 aliphatic rings. The van der Waals surface area contributed by atoms with E-state index in [1.165, 1.54) is 0 Å². The van der Waals surface area contributed by atoms with Gasteiger partial charge in [0.1, 0.15) is 5.75 Å². The van der Waals surface area contributed by atoms with Crippen LogP contribution >= 0.6 is 0 Å². The molecule has 0 saturated heterocycles. The van der Waals surface area contributed by atoms with Gasteiger partial charge in [-0.3, -0.25) is 10.1 Å². The van der Waals surface area contributed by atoms with E-state index in [-0.39, 0.29) is 6.61 Å². The van der Waals surface area contributed by atoms with Crippen LogP contribution in [0.3, 0.4) is 0 Å². The maximum atomic E-state index is 11.8. The molecule has 0 unspecified atom stereocenters. The van der Waals surface area contributed by atoms with Crippen LogP contribution in [0.2, 0.25) is 0 Å². The first kappa shape index (κ1) is 19.0. The molecule has 2 N–H and O–H groups in total. The smallest absolute Gasteiger partial charge is 0.344 e. The van der Waals surface area contributed by atoms with Gasteiger partial charge in [0, 0.05) is 12.1 Å². The molecule has 0 radical (unpaired) electrons. The number of urea groups is 1. The summed E-state index contributed by atoms with van der Waals surface area (Å²) in [6, 6.07) is 16.3. The lowest BCUT2D eigenvalue weighted by Crippen LogP contribution is -2.41. The molecule has 26 heavy (non-hydrogen) atoms. The molecule has 0 aromatic heterocycles. The standard InChI is InChI=1S/C19H20N2O5/c1-2-20-19(24)21-17(22)12-26-18(23)13-25-16-11-7-6-10-15(16)14-8-4-3-5-9-14/h3-11H,2,12-13H2,1H3,(H2,20,21,22,24). The quantitative estimate of drug-likeness (QED) is 0.741. The predicted octanol–water partition coefficient (Wildman–Crippen LogP) is 2.12. The highest BCUT2D eigenvalue weighted by Crippen LogP contribution is 2.29. The molecule has 2 aromatic rings. The number of carbonyl (C=O) groups is 3. The average Bonchev–Trinajstić information content (AvgIpc) is 2.66. The predicted molar refractivity (Wildman–Crippen MR) is 95.5 cm³/mol. The van der Waals surface area contributed by atoms with Gasteiger partial charge in [0.15, 0.2) is 13.2 Å². The van der Waals surface area contributed by atoms with Crippen LogP contribution in [0.5, 0.6) is 5.75 Å². The number of hydrogen-bond donors (Lipinski definition) is 2. The Morgan fingerprint density at radius 2 is 1.62 bits per heavy atom. The molecule has 0 spiro atoms. The highest BCUT2D eigenvalue weighted by Gasteiger charge is 2.12. The van der Waals surface area contributed by atoms with E-state index in [9.17, 15) is 14.4 Å². The maximum Gasteiger partial charge on any atom is 0.344 e. The van der Waals surface area contributed by atoms with Gasteiger partial charge in [0.05, 0.1) is 0 Å². The van der Waals surface area contributed by atoms with Gasteiger partial charge < -0.3 is 14.8 Å². The lowest BCUT2D eigenvalue weighted by Gasteiger charge is -2.11. The zero-order chi connectivity index (χ0) is 18.8. The van der Waals surface area contributed by atoms with Crippen LogP contribution in [0.1, 0.15) is 6.92 Å². The van der Waals surface area contributed by atoms with E-state index in [0.29, 0.717) is 12.3 Å². The minimum absolute atomic E-state index is 0.349. The Kier molecular flexibility index (Phi) is 7.17. The summed E-state index contributed by atoms with van der Waals surface area (Å²) in [5.41, 5.74) is 1.80. The zero-order valence-corrected chi connectivity index (χ0v) is 14.4. The molecule has 2 rings (SSSR count). The Morgan fingerprint density at radius 1 is 0.923 bits per heavy atom. The molecule has 0 atom stereocenters. The summed E-state index contributed by atoms with van der Waals surface area (Å²) in [5.74, 6) is -0.893. The molecule has 0 heterocycles. The minimum Gasteiger partial charge on any atom is -0.481 e. The summed E-state index contributed by atoms with van der Waals surface area (Å²) in [6.45, 7) is 1.19. The van der Waals surface area contributed by atoms with E-state index in [0.717, 1.165) is 11.1 Å². The van der Waals surface area contributed by atoms with E-state index in [1.807, 2.05) is 47.8 Å². The van der Waals surface area contributed by atoms with Crippen LogP contribution < -0.4 is 15.4 Å². The fourth-order valence-corrected chi connectivity index (χ4v) is 2.14. The fourth-order valence-electron chi connectivity index (χ4n) is 2.14. The van der Waals surface area contributed by atoms with Gasteiger partial charge in [0.25, 0.3) is 5.91 Å². The number of carbonyl (C=O) groups excluding carboxylic acids is 3. The first-order valence-corrected chi connectivity index (χ1v) is 8.10. The van der Waals surface area contributed by atoms with Crippen molar-refractivity contribution in [3.05, 3.63) is 54.6 Å². The zero-order valence-electron chi connectivity index (χ0n) is 14.4. The lowest BCUT2D eigenvalue weighted by atomic mass is 10.1. The molecule has 0 aliphatic carbocycles. The minimum atomic E-state index is -0.714. The number of imide groups is 1. The summed E-state index contributed by atoms with van der Waals surface area (Å²) < 4.78 is 10.3. The van der Waals surface area contributed by atoms with Crippen LogP contribution in [0, 0.1) is 0 Å². The second kappa shape index (κ2) is 9.83. The van der Waals surface area contributed by atoms with Crippen molar-refractivity contribution in [3.63, 3.8) is 0 Å². The molecule has 7 heteroatoms. The molecule has 0 bridgehead atoms. The molecule has 3 amide bonds. The Labute approximate surface area is 151 Å². The van der Waals surface area contributed by atoms with Crippen LogP contribution in [0.15, 0.2) is 54.6 Å². The van der Waals surface area contributed by atoms with Crippen molar-refractivity contribution in [2.45, 2.75) is 6.92 Å². The Balaban J connectivity index is 1.85. The number of ether oxygens (including phenoxy) is 2. The molecule has 2 aromatic carbocycles. The largest absolute Gasteiger partial charge is 0.481 e. The maximum absolute atomic E-state index is 11.8. The molecule has 0 aliphatic heterocycles. The van der Waals surface area contributed by atoms with Gasteiger partial charge >= 0.3 is 12.0 Å². The number of hydrogen-bond acceptors (Lipinski definition) is 5. The summed E-state index contributed by atoms with van der Waals surface area (Å²) in [4.78, 5) is 34.4. The molecular formula is C19H20N2O5. The number of nitrogens with one attached hydrogen (secondary N) is 2. The second-order valence-corrected chi connectivity index (χ2v) is 5.22. The van der Waals surface area contributed by atoms with Crippen molar-refractivity contribution in [2.24, 2.45) is 0 Å². The number of amides is 3. The van der Waals surface area contributed by atoms with Gasteiger partial charge in [-0.2, -0.15) is 0 Å². The van der Waals surface area contributed by atoms with E-state index >= 15 is 0 Å². The molecule has 136 valence electrons. The number of rotatable bonds is 7. The van der Waals surface area contributed by atoms with Gasteiger partial charge in [-0.15, -0.1) is 0 Å². The lowest BCUT2D eigenvalue weighted by molar-refractivity contribution is -0.150. The van der Waals surface area contributed by atoms with E-state index in [2.05, 4.69) is 5.32 Å². The van der Waals surface area contributed by atoms with E-state index in [1.54, 1.807) is 19.1 Å². The van der Waals surface area contributed by atoms with Gasteiger partial charge in [0.2, 0.25) is 0 Å². The van der Waals surface area contributed by atoms with Crippen molar-refractivity contribution >= 4 is 17.9 Å². The molecule has 0 saturated carbocycles. The number of para-hydroxylation sites is 1. The van der Waals surface area contributed by atoms with E-state index in [4.69, 9.17) is 9.47 Å². The van der Waals surface area contributed by atoms with Crippen LogP contribution in [-0.4, -0.2) is 37.7 Å². The van der Waals surface area contributed by atoms with E-state index < -0.39 is 24.5 Å². The highest BCUT2D eigenvalue weighted by molar-refractivity contribution is 5.95. The Hall–Kier alpha value is -3.35.